The highest BCUT2D eigenvalue weighted by Crippen LogP contribution is 2.08. The first-order valence-electron chi connectivity index (χ1n) is 3.82. The van der Waals surface area contributed by atoms with Crippen molar-refractivity contribution in [1.29, 1.82) is 0 Å². The van der Waals surface area contributed by atoms with Gasteiger partial charge in [0, 0.05) is 12.4 Å². The molecule has 0 saturated heterocycles. The fourth-order valence-electron chi connectivity index (χ4n) is 1.21. The molecule has 2 rings (SSSR count). The highest BCUT2D eigenvalue weighted by Gasteiger charge is 2.13. The Hall–Kier alpha value is -1.40. The summed E-state index contributed by atoms with van der Waals surface area (Å²) in [5.41, 5.74) is 1.10. The Morgan fingerprint density at radius 3 is 2.85 bits per heavy atom. The van der Waals surface area contributed by atoms with Crippen LogP contribution in [0.2, 0.25) is 0 Å². The lowest BCUT2D eigenvalue weighted by atomic mass is 9.85. The molecule has 6 heteroatoms. The van der Waals surface area contributed by atoms with E-state index in [4.69, 9.17) is 10.0 Å². The molecule has 66 valence electrons. The maximum absolute atomic E-state index is 8.86. The summed E-state index contributed by atoms with van der Waals surface area (Å²) in [6.45, 7) is 0. The van der Waals surface area contributed by atoms with E-state index >= 15 is 0 Å². The van der Waals surface area contributed by atoms with Crippen LogP contribution in [0.25, 0.3) is 10.9 Å². The minimum atomic E-state index is -1.52. The average Bonchev–Trinajstić information content (AvgIpc) is 2.47. The number of aromatic nitrogens is 3. The molecule has 2 aromatic rings. The molecule has 0 atom stereocenters. The van der Waals surface area contributed by atoms with Gasteiger partial charge in [-0.05, 0) is 6.07 Å². The Bertz CT molecular complexity index is 440. The van der Waals surface area contributed by atoms with Crippen molar-refractivity contribution in [3.05, 3.63) is 18.5 Å². The van der Waals surface area contributed by atoms with E-state index in [0.717, 1.165) is 10.9 Å². The van der Waals surface area contributed by atoms with Crippen molar-refractivity contribution in [3.63, 3.8) is 0 Å². The molecule has 0 unspecified atom stereocenters. The maximum atomic E-state index is 8.86. The van der Waals surface area contributed by atoms with Gasteiger partial charge in [-0.3, -0.25) is 9.67 Å². The summed E-state index contributed by atoms with van der Waals surface area (Å²) in [7, 11) is 0.281. The molecule has 0 aliphatic heterocycles. The molecular weight excluding hydrogens is 169 g/mol. The molecule has 2 N–H and O–H groups in total. The van der Waals surface area contributed by atoms with Gasteiger partial charge in [-0.25, -0.2) is 0 Å². The van der Waals surface area contributed by atoms with Gasteiger partial charge < -0.3 is 10.0 Å². The van der Waals surface area contributed by atoms with Gasteiger partial charge >= 0.3 is 7.12 Å². The van der Waals surface area contributed by atoms with E-state index < -0.39 is 7.12 Å². The van der Waals surface area contributed by atoms with Crippen molar-refractivity contribution in [2.24, 2.45) is 7.05 Å². The third kappa shape index (κ3) is 1.30. The number of rotatable bonds is 1. The lowest BCUT2D eigenvalue weighted by Gasteiger charge is -1.98. The van der Waals surface area contributed by atoms with E-state index in [2.05, 4.69) is 10.1 Å². The van der Waals surface area contributed by atoms with Crippen LogP contribution in [0.15, 0.2) is 18.5 Å². The van der Waals surface area contributed by atoms with Crippen LogP contribution in [0.1, 0.15) is 0 Å². The molecule has 2 heterocycles. The quantitative estimate of drug-likeness (QED) is 0.528. The van der Waals surface area contributed by atoms with Crippen LogP contribution in [-0.4, -0.2) is 31.9 Å². The van der Waals surface area contributed by atoms with Crippen LogP contribution in [0.4, 0.5) is 0 Å². The van der Waals surface area contributed by atoms with Crippen LogP contribution in [0, 0.1) is 0 Å². The summed E-state index contributed by atoms with van der Waals surface area (Å²) in [6, 6.07) is 1.60. The number of aryl methyl sites for hydroxylation is 1. The number of fused-ring (bicyclic) bond motifs is 1. The third-order valence-electron chi connectivity index (χ3n) is 1.92. The molecule has 0 fully saturated rings. The number of hydrogen-bond acceptors (Lipinski definition) is 4. The second-order valence-electron chi connectivity index (χ2n) is 2.81. The van der Waals surface area contributed by atoms with E-state index in [1.165, 1.54) is 0 Å². The predicted molar refractivity (Wildman–Crippen MR) is 48.3 cm³/mol. The first-order valence-corrected chi connectivity index (χ1v) is 3.82. The van der Waals surface area contributed by atoms with Crippen LogP contribution in [0.3, 0.4) is 0 Å². The van der Waals surface area contributed by atoms with E-state index in [1.807, 2.05) is 0 Å². The summed E-state index contributed by atoms with van der Waals surface area (Å²) in [4.78, 5) is 3.88. The Balaban J connectivity index is 2.63. The van der Waals surface area contributed by atoms with Crippen molar-refractivity contribution >= 4 is 23.6 Å². The number of pyridine rings is 1. The smallest absolute Gasteiger partial charge is 0.422 e. The van der Waals surface area contributed by atoms with Crippen molar-refractivity contribution in [2.75, 3.05) is 0 Å². The highest BCUT2D eigenvalue weighted by atomic mass is 16.4. The lowest BCUT2D eigenvalue weighted by molar-refractivity contribution is 0.424. The SMILES string of the molecule is Cn1ncc2cc(B(O)O)ncc21. The molecule has 0 radical (unpaired) electrons. The molecule has 0 amide bonds. The molecule has 0 aliphatic rings. The second-order valence-corrected chi connectivity index (χ2v) is 2.81. The molecule has 2 aromatic heterocycles. The normalized spacial score (nSPS) is 10.7. The summed E-state index contributed by atoms with van der Waals surface area (Å²) >= 11 is 0. The zero-order chi connectivity index (χ0) is 9.42. The maximum Gasteiger partial charge on any atom is 0.508 e. The molecular formula is C7H8BN3O2. The lowest BCUT2D eigenvalue weighted by Crippen LogP contribution is -2.32. The van der Waals surface area contributed by atoms with Gasteiger partial charge in [0.15, 0.2) is 0 Å². The first-order chi connectivity index (χ1) is 6.18. The van der Waals surface area contributed by atoms with Crippen molar-refractivity contribution in [3.8, 4) is 0 Å². The van der Waals surface area contributed by atoms with Gasteiger partial charge in [0.05, 0.1) is 23.5 Å². The molecule has 5 nitrogen and oxygen atoms in total. The van der Waals surface area contributed by atoms with E-state index in [-0.39, 0.29) is 5.59 Å². The van der Waals surface area contributed by atoms with E-state index in [9.17, 15) is 0 Å². The van der Waals surface area contributed by atoms with Crippen molar-refractivity contribution < 1.29 is 10.0 Å². The summed E-state index contributed by atoms with van der Waals surface area (Å²) in [6.07, 6.45) is 3.22. The van der Waals surface area contributed by atoms with Gasteiger partial charge in [0.2, 0.25) is 0 Å². The standard InChI is InChI=1S/C7H8BN3O2/c1-11-6-4-9-7(8(12)13)2-5(6)3-10-11/h2-4,12-13H,1H3. The van der Waals surface area contributed by atoms with Gasteiger partial charge in [-0.1, -0.05) is 0 Å². The van der Waals surface area contributed by atoms with Gasteiger partial charge in [0.1, 0.15) is 0 Å². The Labute approximate surface area is 74.8 Å². The third-order valence-corrected chi connectivity index (χ3v) is 1.92. The van der Waals surface area contributed by atoms with E-state index in [0.29, 0.717) is 0 Å². The Morgan fingerprint density at radius 2 is 2.15 bits per heavy atom. The van der Waals surface area contributed by atoms with Gasteiger partial charge in [-0.15, -0.1) is 0 Å². The molecule has 0 bridgehead atoms. The first kappa shape index (κ1) is 8.21. The summed E-state index contributed by atoms with van der Waals surface area (Å²) in [5, 5.41) is 22.6. The average molecular weight is 177 g/mol. The van der Waals surface area contributed by atoms with Gasteiger partial charge in [0.25, 0.3) is 0 Å². The largest absolute Gasteiger partial charge is 0.508 e. The highest BCUT2D eigenvalue weighted by molar-refractivity contribution is 6.57. The van der Waals surface area contributed by atoms with Gasteiger partial charge in [-0.2, -0.15) is 5.10 Å². The van der Waals surface area contributed by atoms with Crippen LogP contribution < -0.4 is 5.59 Å². The fraction of sp³-hybridized carbons (Fsp3) is 0.143. The topological polar surface area (TPSA) is 71.2 Å². The minimum Gasteiger partial charge on any atom is -0.422 e. The van der Waals surface area contributed by atoms with Crippen molar-refractivity contribution in [1.82, 2.24) is 14.8 Å². The molecule has 13 heavy (non-hydrogen) atoms. The minimum absolute atomic E-state index is 0.237. The molecule has 0 aromatic carbocycles. The second kappa shape index (κ2) is 2.83. The monoisotopic (exact) mass is 177 g/mol. The number of nitrogens with zero attached hydrogens (tertiary/aromatic N) is 3. The summed E-state index contributed by atoms with van der Waals surface area (Å²) in [5.74, 6) is 0. The number of hydrogen-bond donors (Lipinski definition) is 2. The van der Waals surface area contributed by atoms with Crippen LogP contribution in [0.5, 0.6) is 0 Å². The zero-order valence-corrected chi connectivity index (χ0v) is 7.05. The molecule has 0 saturated carbocycles. The summed E-state index contributed by atoms with van der Waals surface area (Å²) < 4.78 is 1.68. The van der Waals surface area contributed by atoms with E-state index in [1.54, 1.807) is 30.2 Å². The Morgan fingerprint density at radius 1 is 1.38 bits per heavy atom. The van der Waals surface area contributed by atoms with Crippen LogP contribution >= 0.6 is 0 Å². The Kier molecular flexibility index (Phi) is 1.79. The molecule has 0 aliphatic carbocycles. The van der Waals surface area contributed by atoms with Crippen LogP contribution in [-0.2, 0) is 7.05 Å². The fourth-order valence-corrected chi connectivity index (χ4v) is 1.21. The predicted octanol–water partition coefficient (Wildman–Crippen LogP) is -1.35. The zero-order valence-electron chi connectivity index (χ0n) is 7.05. The van der Waals surface area contributed by atoms with Crippen molar-refractivity contribution in [2.45, 2.75) is 0 Å². The molecule has 0 spiro atoms.